The maximum atomic E-state index is 6.73. The van der Waals surface area contributed by atoms with Crippen molar-refractivity contribution in [3.05, 3.63) is 492 Å². The number of hydrogen-bond acceptors (Lipinski definition) is 15. The molecule has 702 valence electrons. The molecule has 0 atom stereocenters. The van der Waals surface area contributed by atoms with E-state index in [-0.39, 0.29) is 0 Å². The van der Waals surface area contributed by atoms with Crippen LogP contribution >= 0.6 is 34.0 Å². The van der Waals surface area contributed by atoms with E-state index in [2.05, 4.69) is 361 Å². The number of thiophene rings is 3. The predicted octanol–water partition coefficient (Wildman–Crippen LogP) is 37.4. The fourth-order valence-electron chi connectivity index (χ4n) is 21.0. The van der Waals surface area contributed by atoms with Gasteiger partial charge < -0.3 is 13.3 Å². The third-order valence-corrected chi connectivity index (χ3v) is 31.7. The van der Waals surface area contributed by atoms with Gasteiger partial charge in [0.15, 0.2) is 17.5 Å². The third-order valence-electron chi connectivity index (χ3n) is 28.2. The molecule has 0 N–H and O–H groups in total. The first-order chi connectivity index (χ1) is 74.3. The van der Waals surface area contributed by atoms with Crippen LogP contribution in [0.25, 0.3) is 295 Å². The zero-order chi connectivity index (χ0) is 99.1. The molecule has 0 spiro atoms. The zero-order valence-corrected chi connectivity index (χ0v) is 82.7. The standard InChI is InChI=1S/3C45H27N3OS/c1-2-10-28(11-3-1)45-47-38(31-13-8-12-29(24-31)32-14-9-23-46-27-32)26-39(48-45)35-21-20-33(44-43(35)36-16-4-6-17-40(36)49-44)30-19-22-42-37(25-30)34-15-5-7-18-41(34)50-42;1-2-10-28(11-3-1)38-26-39(48-45(47-38)31-13-8-12-29(24-31)32-14-9-23-46-27-32)35-21-20-33(44-43(35)36-16-4-6-17-40(36)49-44)30-19-22-42-37(25-30)34-15-5-7-18-41(34)50-42;1-2-10-28(11-3-1)38-26-39(31-13-8-12-29(24-31)32-14-9-23-46-27-32)48-45(47-38)36-21-20-33(44-43(36)35-16-4-6-17-40(35)49-44)30-19-22-42-37(25-30)34-15-5-7-18-41(34)50-42/h3*1-27H. The fraction of sp³-hybridized carbons (Fsp3) is 0. The van der Waals surface area contributed by atoms with E-state index in [1.165, 1.54) is 60.5 Å². The van der Waals surface area contributed by atoms with Crippen molar-refractivity contribution < 1.29 is 13.3 Å². The first-order valence-electron chi connectivity index (χ1n) is 49.8. The highest BCUT2D eigenvalue weighted by molar-refractivity contribution is 7.26. The van der Waals surface area contributed by atoms with Gasteiger partial charge in [-0.05, 0) is 185 Å². The van der Waals surface area contributed by atoms with Crippen molar-refractivity contribution in [2.24, 2.45) is 0 Å². The number of benzene rings is 18. The van der Waals surface area contributed by atoms with Gasteiger partial charge in [-0.3, -0.25) is 15.0 Å². The van der Waals surface area contributed by atoms with E-state index in [1.54, 1.807) is 18.6 Å². The molecule has 12 nitrogen and oxygen atoms in total. The number of pyridine rings is 3. The fourth-order valence-corrected chi connectivity index (χ4v) is 24.3. The molecule has 150 heavy (non-hydrogen) atoms. The highest BCUT2D eigenvalue weighted by Gasteiger charge is 2.27. The summed E-state index contributed by atoms with van der Waals surface area (Å²) in [5.74, 6) is 1.98. The summed E-state index contributed by atoms with van der Waals surface area (Å²) in [4.78, 5) is 44.3. The van der Waals surface area contributed by atoms with Gasteiger partial charge in [0, 0.05) is 213 Å². The molecule has 0 amide bonds. The molecule has 0 aliphatic carbocycles. The Kier molecular flexibility index (Phi) is 22.2. The number of rotatable bonds is 15. The lowest BCUT2D eigenvalue weighted by atomic mass is 9.95. The Hall–Kier alpha value is -19.3. The van der Waals surface area contributed by atoms with Crippen LogP contribution in [0, 0.1) is 0 Å². The molecule has 15 heteroatoms. The zero-order valence-electron chi connectivity index (χ0n) is 80.2. The Labute approximate surface area is 872 Å². The average molecular weight is 1970 g/mol. The Balaban J connectivity index is 0.000000108. The number of aromatic nitrogens is 9. The SMILES string of the molecule is c1ccc(-c2cc(-c3ccc(-c4ccc5sc6ccccc6c5c4)c4oc5ccccc5c34)nc(-c3cccc(-c4cccnc4)c3)n2)cc1.c1ccc(-c2cc(-c3cccc(-c4cccnc4)c3)nc(-c3ccc(-c4ccc5sc6ccccc6c5c4)c4oc5ccccc5c34)n2)cc1.c1ccc(-c2nc(-c3cccc(-c4cccnc4)c3)cc(-c3ccc(-c4ccc5sc6ccccc6c5c4)c4oc5ccccc5c34)n2)cc1. The smallest absolute Gasteiger partial charge is 0.161 e. The van der Waals surface area contributed by atoms with Crippen LogP contribution < -0.4 is 0 Å². The molecule has 18 aromatic carbocycles. The quantitative estimate of drug-likeness (QED) is 0.0959. The molecule has 0 saturated heterocycles. The molecular formula is C135H81N9O3S3. The van der Waals surface area contributed by atoms with Gasteiger partial charge in [0.05, 0.1) is 34.2 Å². The summed E-state index contributed by atoms with van der Waals surface area (Å²) in [5, 5.41) is 13.9. The van der Waals surface area contributed by atoms with Crippen molar-refractivity contribution in [3.8, 4) is 168 Å². The van der Waals surface area contributed by atoms with E-state index in [0.29, 0.717) is 17.5 Å². The van der Waals surface area contributed by atoms with Crippen LogP contribution in [-0.2, 0) is 0 Å². The van der Waals surface area contributed by atoms with Crippen LogP contribution in [0.15, 0.2) is 505 Å². The highest BCUT2D eigenvalue weighted by atomic mass is 32.1. The lowest BCUT2D eigenvalue weighted by Crippen LogP contribution is -1.97. The van der Waals surface area contributed by atoms with Gasteiger partial charge in [-0.15, -0.1) is 34.0 Å². The van der Waals surface area contributed by atoms with Crippen molar-refractivity contribution in [2.45, 2.75) is 0 Å². The second-order valence-corrected chi connectivity index (χ2v) is 40.5. The van der Waals surface area contributed by atoms with E-state index in [0.717, 1.165) is 217 Å². The van der Waals surface area contributed by atoms with Crippen molar-refractivity contribution in [3.63, 3.8) is 0 Å². The summed E-state index contributed by atoms with van der Waals surface area (Å²) < 4.78 is 27.9. The van der Waals surface area contributed by atoms with E-state index in [1.807, 2.05) is 162 Å². The van der Waals surface area contributed by atoms with E-state index in [4.69, 9.17) is 43.2 Å². The lowest BCUT2D eigenvalue weighted by Gasteiger charge is -2.12. The number of nitrogens with zero attached hydrogens (tertiary/aromatic N) is 9. The van der Waals surface area contributed by atoms with Crippen LogP contribution in [0.5, 0.6) is 0 Å². The van der Waals surface area contributed by atoms with Crippen LogP contribution in [0.2, 0.25) is 0 Å². The van der Waals surface area contributed by atoms with Gasteiger partial charge in [-0.2, -0.15) is 0 Å². The van der Waals surface area contributed by atoms with Gasteiger partial charge in [-0.25, -0.2) is 29.9 Å². The van der Waals surface area contributed by atoms with Gasteiger partial charge in [0.25, 0.3) is 0 Å². The van der Waals surface area contributed by atoms with Gasteiger partial charge >= 0.3 is 0 Å². The molecule has 0 unspecified atom stereocenters. The molecule has 30 aromatic rings. The monoisotopic (exact) mass is 1970 g/mol. The minimum Gasteiger partial charge on any atom is -0.455 e. The molecule has 0 fully saturated rings. The van der Waals surface area contributed by atoms with Crippen LogP contribution in [0.4, 0.5) is 0 Å². The van der Waals surface area contributed by atoms with Gasteiger partial charge in [0.2, 0.25) is 0 Å². The summed E-state index contributed by atoms with van der Waals surface area (Å²) in [5.41, 5.74) is 31.9. The molecule has 0 aliphatic heterocycles. The van der Waals surface area contributed by atoms with Crippen LogP contribution in [-0.4, -0.2) is 44.9 Å². The minimum atomic E-state index is 0.649. The summed E-state index contributed by atoms with van der Waals surface area (Å²) in [6, 6.07) is 159. The summed E-state index contributed by atoms with van der Waals surface area (Å²) in [7, 11) is 0. The Morgan fingerprint density at radius 1 is 0.153 bits per heavy atom. The second kappa shape index (κ2) is 37.7. The Morgan fingerprint density at radius 2 is 0.427 bits per heavy atom. The number of para-hydroxylation sites is 3. The van der Waals surface area contributed by atoms with E-state index < -0.39 is 0 Å². The van der Waals surface area contributed by atoms with E-state index in [9.17, 15) is 0 Å². The Morgan fingerprint density at radius 3 is 0.813 bits per heavy atom. The van der Waals surface area contributed by atoms with Crippen molar-refractivity contribution in [1.82, 2.24) is 44.9 Å². The normalized spacial score (nSPS) is 11.6. The van der Waals surface area contributed by atoms with Crippen molar-refractivity contribution in [2.75, 3.05) is 0 Å². The topological polar surface area (TPSA) is 155 Å². The highest BCUT2D eigenvalue weighted by Crippen LogP contribution is 2.51. The molecule has 12 aromatic heterocycles. The molecule has 0 aliphatic rings. The molecule has 0 bridgehead atoms. The Bertz CT molecular complexity index is 9570. The maximum absolute atomic E-state index is 6.73. The maximum Gasteiger partial charge on any atom is 0.161 e. The first kappa shape index (κ1) is 88.4. The number of furan rings is 3. The molecule has 12 heterocycles. The number of hydrogen-bond donors (Lipinski definition) is 0. The lowest BCUT2D eigenvalue weighted by molar-refractivity contribution is 0.669. The van der Waals surface area contributed by atoms with Crippen LogP contribution in [0.1, 0.15) is 0 Å². The molecule has 0 radical (unpaired) electrons. The van der Waals surface area contributed by atoms with E-state index >= 15 is 0 Å². The molecule has 30 rings (SSSR count). The van der Waals surface area contributed by atoms with Crippen molar-refractivity contribution in [1.29, 1.82) is 0 Å². The minimum absolute atomic E-state index is 0.649. The number of fused-ring (bicyclic) bond motifs is 18. The first-order valence-corrected chi connectivity index (χ1v) is 52.2. The van der Waals surface area contributed by atoms with Crippen LogP contribution in [0.3, 0.4) is 0 Å². The average Bonchev–Trinajstić information content (AvgIpc) is 1.54. The van der Waals surface area contributed by atoms with Gasteiger partial charge in [0.1, 0.15) is 33.5 Å². The third kappa shape index (κ3) is 16.3. The summed E-state index contributed by atoms with van der Waals surface area (Å²) in [6.45, 7) is 0. The molecular weight excluding hydrogens is 1890 g/mol. The second-order valence-electron chi connectivity index (χ2n) is 37.3. The summed E-state index contributed by atoms with van der Waals surface area (Å²) in [6.07, 6.45) is 11.0. The largest absolute Gasteiger partial charge is 0.455 e. The molecule has 0 saturated carbocycles. The summed E-state index contributed by atoms with van der Waals surface area (Å²) >= 11 is 5.49. The predicted molar refractivity (Wildman–Crippen MR) is 622 cm³/mol. The van der Waals surface area contributed by atoms with Gasteiger partial charge in [-0.1, -0.05) is 303 Å². The van der Waals surface area contributed by atoms with Crippen molar-refractivity contribution >= 4 is 160 Å².